The molecule has 0 bridgehead atoms. The van der Waals surface area contributed by atoms with Gasteiger partial charge < -0.3 is 14.4 Å². The molecule has 1 saturated carbocycles. The van der Waals surface area contributed by atoms with Gasteiger partial charge in [0, 0.05) is 24.4 Å². The normalized spacial score (nSPS) is 24.7. The summed E-state index contributed by atoms with van der Waals surface area (Å²) in [4.78, 5) is 2.63. The third kappa shape index (κ3) is 3.38. The summed E-state index contributed by atoms with van der Waals surface area (Å²) in [6, 6.07) is 19.0. The van der Waals surface area contributed by atoms with Gasteiger partial charge in [0.15, 0.2) is 0 Å². The van der Waals surface area contributed by atoms with Crippen LogP contribution in [0, 0.1) is 5.92 Å². The van der Waals surface area contributed by atoms with Gasteiger partial charge in [0.1, 0.15) is 5.75 Å². The number of benzene rings is 2. The highest BCUT2D eigenvalue weighted by atomic mass is 16.5. The maximum absolute atomic E-state index is 5.91. The summed E-state index contributed by atoms with van der Waals surface area (Å²) in [5.74, 6) is 1.70. The first-order chi connectivity index (χ1) is 12.3. The van der Waals surface area contributed by atoms with Crippen molar-refractivity contribution in [2.24, 2.45) is 5.92 Å². The molecule has 4 rings (SSSR count). The minimum absolute atomic E-state index is 0.394. The fourth-order valence-electron chi connectivity index (χ4n) is 4.41. The van der Waals surface area contributed by atoms with Crippen molar-refractivity contribution in [3.05, 3.63) is 60.2 Å². The van der Waals surface area contributed by atoms with Gasteiger partial charge in [-0.3, -0.25) is 0 Å². The van der Waals surface area contributed by atoms with Crippen LogP contribution in [0.25, 0.3) is 0 Å². The largest absolute Gasteiger partial charge is 0.497 e. The molecule has 0 amide bonds. The van der Waals surface area contributed by atoms with Gasteiger partial charge in [-0.25, -0.2) is 0 Å². The summed E-state index contributed by atoms with van der Waals surface area (Å²) in [6.07, 6.45) is 5.10. The molecule has 2 aliphatic rings. The van der Waals surface area contributed by atoms with Gasteiger partial charge in [0.2, 0.25) is 0 Å². The number of ether oxygens (including phenoxy) is 2. The van der Waals surface area contributed by atoms with Crippen molar-refractivity contribution >= 4 is 5.69 Å². The lowest BCUT2D eigenvalue weighted by Gasteiger charge is -2.28. The van der Waals surface area contributed by atoms with E-state index in [2.05, 4.69) is 53.4 Å². The van der Waals surface area contributed by atoms with Crippen molar-refractivity contribution in [1.82, 2.24) is 0 Å². The molecule has 2 aromatic rings. The van der Waals surface area contributed by atoms with E-state index in [9.17, 15) is 0 Å². The average Bonchev–Trinajstić information content (AvgIpc) is 3.19. The van der Waals surface area contributed by atoms with Crippen molar-refractivity contribution in [2.75, 3.05) is 25.2 Å². The van der Waals surface area contributed by atoms with E-state index in [0.29, 0.717) is 5.54 Å². The Kier molecular flexibility index (Phi) is 4.67. The quantitative estimate of drug-likeness (QED) is 0.686. The smallest absolute Gasteiger partial charge is 0.119 e. The van der Waals surface area contributed by atoms with Gasteiger partial charge in [-0.2, -0.15) is 0 Å². The number of anilines is 1. The minimum Gasteiger partial charge on any atom is -0.497 e. The number of hydrogen-bond acceptors (Lipinski definition) is 3. The van der Waals surface area contributed by atoms with E-state index in [0.717, 1.165) is 24.9 Å². The molecule has 2 atom stereocenters. The Labute approximate surface area is 150 Å². The lowest BCUT2D eigenvalue weighted by Crippen LogP contribution is -2.33. The first-order valence-corrected chi connectivity index (χ1v) is 9.35. The summed E-state index contributed by atoms with van der Waals surface area (Å²) in [7, 11) is 1.72. The van der Waals surface area contributed by atoms with Crippen LogP contribution in [-0.4, -0.2) is 25.8 Å². The predicted octanol–water partition coefficient (Wildman–Crippen LogP) is 4.66. The van der Waals surface area contributed by atoms with E-state index in [1.165, 1.54) is 43.5 Å². The molecule has 0 aromatic heterocycles. The number of hydrogen-bond donors (Lipinski definition) is 0. The maximum Gasteiger partial charge on any atom is 0.119 e. The second kappa shape index (κ2) is 7.09. The molecule has 2 fully saturated rings. The SMILES string of the molecule is COc1ccc(N2CCCC23CC3CCOCc2ccccc2)cc1. The molecule has 3 heteroatoms. The van der Waals surface area contributed by atoms with Crippen molar-refractivity contribution in [2.45, 2.75) is 37.8 Å². The summed E-state index contributed by atoms with van der Waals surface area (Å²) >= 11 is 0. The van der Waals surface area contributed by atoms with Gasteiger partial charge >= 0.3 is 0 Å². The Morgan fingerprint density at radius 2 is 1.88 bits per heavy atom. The van der Waals surface area contributed by atoms with E-state index in [4.69, 9.17) is 9.47 Å². The minimum atomic E-state index is 0.394. The molecule has 0 N–H and O–H groups in total. The highest BCUT2D eigenvalue weighted by molar-refractivity contribution is 5.55. The molecule has 1 saturated heterocycles. The van der Waals surface area contributed by atoms with Crippen LogP contribution in [0.1, 0.15) is 31.2 Å². The van der Waals surface area contributed by atoms with E-state index in [-0.39, 0.29) is 0 Å². The van der Waals surface area contributed by atoms with Crippen LogP contribution in [0.5, 0.6) is 5.75 Å². The first-order valence-electron chi connectivity index (χ1n) is 9.35. The average molecular weight is 337 g/mol. The van der Waals surface area contributed by atoms with E-state index < -0.39 is 0 Å². The molecule has 1 aliphatic heterocycles. The van der Waals surface area contributed by atoms with Crippen LogP contribution in [-0.2, 0) is 11.3 Å². The lowest BCUT2D eigenvalue weighted by molar-refractivity contribution is 0.113. The molecular formula is C22H27NO2. The highest BCUT2D eigenvalue weighted by Gasteiger charge is 2.59. The summed E-state index contributed by atoms with van der Waals surface area (Å²) in [5.41, 5.74) is 2.99. The predicted molar refractivity (Wildman–Crippen MR) is 101 cm³/mol. The van der Waals surface area contributed by atoms with Crippen molar-refractivity contribution in [1.29, 1.82) is 0 Å². The third-order valence-corrected chi connectivity index (χ3v) is 5.83. The zero-order valence-corrected chi connectivity index (χ0v) is 15.0. The van der Waals surface area contributed by atoms with Gasteiger partial charge in [0.05, 0.1) is 13.7 Å². The monoisotopic (exact) mass is 337 g/mol. The zero-order valence-electron chi connectivity index (χ0n) is 15.0. The molecule has 0 radical (unpaired) electrons. The number of rotatable bonds is 7. The lowest BCUT2D eigenvalue weighted by atomic mass is 10.1. The second-order valence-corrected chi connectivity index (χ2v) is 7.28. The molecule has 1 spiro atoms. The molecular weight excluding hydrogens is 310 g/mol. The zero-order chi connectivity index (χ0) is 17.1. The second-order valence-electron chi connectivity index (χ2n) is 7.28. The standard InChI is InChI=1S/C22H27NO2/c1-24-21-10-8-20(9-11-21)23-14-5-13-22(23)16-19(22)12-15-25-17-18-6-3-2-4-7-18/h2-4,6-11,19H,5,12-17H2,1H3. The third-order valence-electron chi connectivity index (χ3n) is 5.83. The van der Waals surface area contributed by atoms with Crippen LogP contribution in [0.3, 0.4) is 0 Å². The summed E-state index contributed by atoms with van der Waals surface area (Å²) < 4.78 is 11.2. The maximum atomic E-state index is 5.91. The van der Waals surface area contributed by atoms with Crippen molar-refractivity contribution < 1.29 is 9.47 Å². The Bertz CT molecular complexity index is 685. The molecule has 2 aromatic carbocycles. The molecule has 132 valence electrons. The first kappa shape index (κ1) is 16.5. The molecule has 3 nitrogen and oxygen atoms in total. The Morgan fingerprint density at radius 1 is 1.08 bits per heavy atom. The Hall–Kier alpha value is -2.00. The van der Waals surface area contributed by atoms with Crippen LogP contribution in [0.4, 0.5) is 5.69 Å². The molecule has 25 heavy (non-hydrogen) atoms. The van der Waals surface area contributed by atoms with Crippen LogP contribution < -0.4 is 9.64 Å². The summed E-state index contributed by atoms with van der Waals surface area (Å²) in [5, 5.41) is 0. The Morgan fingerprint density at radius 3 is 2.64 bits per heavy atom. The number of methoxy groups -OCH3 is 1. The highest BCUT2D eigenvalue weighted by Crippen LogP contribution is 2.57. The van der Waals surface area contributed by atoms with Crippen molar-refractivity contribution in [3.63, 3.8) is 0 Å². The van der Waals surface area contributed by atoms with E-state index in [1.54, 1.807) is 7.11 Å². The topological polar surface area (TPSA) is 21.7 Å². The van der Waals surface area contributed by atoms with Crippen LogP contribution in [0.2, 0.25) is 0 Å². The fraction of sp³-hybridized carbons (Fsp3) is 0.455. The van der Waals surface area contributed by atoms with E-state index in [1.807, 2.05) is 6.07 Å². The van der Waals surface area contributed by atoms with Gasteiger partial charge in [-0.05, 0) is 61.4 Å². The van der Waals surface area contributed by atoms with Gasteiger partial charge in [0.25, 0.3) is 0 Å². The molecule has 1 heterocycles. The number of nitrogens with zero attached hydrogens (tertiary/aromatic N) is 1. The van der Waals surface area contributed by atoms with Crippen molar-refractivity contribution in [3.8, 4) is 5.75 Å². The van der Waals surface area contributed by atoms with Gasteiger partial charge in [-0.1, -0.05) is 30.3 Å². The van der Waals surface area contributed by atoms with Crippen LogP contribution >= 0.6 is 0 Å². The summed E-state index contributed by atoms with van der Waals surface area (Å²) in [6.45, 7) is 2.76. The van der Waals surface area contributed by atoms with Gasteiger partial charge in [-0.15, -0.1) is 0 Å². The van der Waals surface area contributed by atoms with Crippen LogP contribution in [0.15, 0.2) is 54.6 Å². The molecule has 1 aliphatic carbocycles. The Balaban J connectivity index is 1.30. The van der Waals surface area contributed by atoms with E-state index >= 15 is 0 Å². The fourth-order valence-corrected chi connectivity index (χ4v) is 4.41. The molecule has 2 unspecified atom stereocenters.